The van der Waals surface area contributed by atoms with E-state index in [1.165, 1.54) is 0 Å². The second-order valence-corrected chi connectivity index (χ2v) is 2.23. The van der Waals surface area contributed by atoms with Gasteiger partial charge in [0.15, 0.2) is 0 Å². The van der Waals surface area contributed by atoms with Crippen LogP contribution in [0.5, 0.6) is 0 Å². The fourth-order valence-corrected chi connectivity index (χ4v) is 0.465. The molecule has 10 heavy (non-hydrogen) atoms. The number of ether oxygens (including phenoxy) is 1. The van der Waals surface area contributed by atoms with Gasteiger partial charge in [0, 0.05) is 0 Å². The predicted octanol–water partition coefficient (Wildman–Crippen LogP) is 1.28. The third-order valence-electron chi connectivity index (χ3n) is 1.29. The molecule has 0 aromatic heterocycles. The minimum atomic E-state index is -0.802. The highest BCUT2D eigenvalue weighted by Crippen LogP contribution is 1.96. The molecule has 0 rings (SSSR count). The Bertz CT molecular complexity index is 101. The van der Waals surface area contributed by atoms with Crippen molar-refractivity contribution in [3.8, 4) is 0 Å². The van der Waals surface area contributed by atoms with Crippen molar-refractivity contribution in [1.29, 1.82) is 0 Å². The maximum atomic E-state index is 9.99. The van der Waals surface area contributed by atoms with Crippen LogP contribution in [0, 0.1) is 0 Å². The molecule has 1 unspecified atom stereocenters. The second-order valence-electron chi connectivity index (χ2n) is 2.23. The molecule has 0 amide bonds. The van der Waals surface area contributed by atoms with Gasteiger partial charge in [0.2, 0.25) is 0 Å². The first-order valence-electron chi connectivity index (χ1n) is 3.50. The van der Waals surface area contributed by atoms with Crippen LogP contribution in [0.25, 0.3) is 0 Å². The molecule has 0 saturated carbocycles. The minimum Gasteiger partial charge on any atom is -0.481 e. The number of aliphatic carboxylic acids is 1. The molecule has 1 N–H and O–H groups in total. The van der Waals surface area contributed by atoms with E-state index in [-0.39, 0.29) is 12.5 Å². The van der Waals surface area contributed by atoms with Gasteiger partial charge in [-0.25, -0.2) is 0 Å². The molecule has 0 spiro atoms. The fraction of sp³-hybridized carbons (Fsp3) is 0.857. The zero-order valence-electron chi connectivity index (χ0n) is 6.46. The van der Waals surface area contributed by atoms with E-state index >= 15 is 0 Å². The van der Waals surface area contributed by atoms with Crippen LogP contribution in [0.2, 0.25) is 0 Å². The van der Waals surface area contributed by atoms with Gasteiger partial charge in [-0.1, -0.05) is 6.92 Å². The zero-order valence-corrected chi connectivity index (χ0v) is 6.46. The molecule has 0 aromatic rings. The lowest BCUT2D eigenvalue weighted by atomic mass is 10.3. The highest BCUT2D eigenvalue weighted by molar-refractivity contribution is 5.66. The van der Waals surface area contributed by atoms with Crippen molar-refractivity contribution in [1.82, 2.24) is 0 Å². The van der Waals surface area contributed by atoms with E-state index in [9.17, 15) is 4.79 Å². The van der Waals surface area contributed by atoms with Crippen molar-refractivity contribution >= 4 is 5.97 Å². The van der Waals surface area contributed by atoms with Crippen LogP contribution >= 0.6 is 0 Å². The molecular formula is C7H14O3. The van der Waals surface area contributed by atoms with Crippen molar-refractivity contribution in [3.63, 3.8) is 0 Å². The molecule has 3 heteroatoms. The largest absolute Gasteiger partial charge is 0.481 e. The molecule has 0 heterocycles. The lowest BCUT2D eigenvalue weighted by Crippen LogP contribution is -2.10. The van der Waals surface area contributed by atoms with E-state index in [1.54, 1.807) is 0 Å². The second kappa shape index (κ2) is 5.23. The smallest absolute Gasteiger partial charge is 0.305 e. The van der Waals surface area contributed by atoms with Gasteiger partial charge in [-0.2, -0.15) is 0 Å². The van der Waals surface area contributed by atoms with Crippen molar-refractivity contribution in [3.05, 3.63) is 0 Å². The van der Waals surface area contributed by atoms with Crippen LogP contribution < -0.4 is 0 Å². The Morgan fingerprint density at radius 1 is 1.70 bits per heavy atom. The van der Waals surface area contributed by atoms with Gasteiger partial charge in [0.05, 0.1) is 19.1 Å². The van der Waals surface area contributed by atoms with E-state index in [1.807, 2.05) is 13.8 Å². The number of carboxylic acids is 1. The average Bonchev–Trinajstić information content (AvgIpc) is 1.87. The Hall–Kier alpha value is -0.570. The standard InChI is InChI=1S/C7H14O3/c1-3-6(2)10-5-4-7(8)9/h6H,3-5H2,1-2H3,(H,8,9). The summed E-state index contributed by atoms with van der Waals surface area (Å²) in [7, 11) is 0. The van der Waals surface area contributed by atoms with Crippen molar-refractivity contribution in [2.24, 2.45) is 0 Å². The Kier molecular flexibility index (Phi) is 4.94. The molecule has 0 aliphatic carbocycles. The predicted molar refractivity (Wildman–Crippen MR) is 38.0 cm³/mol. The average molecular weight is 146 g/mol. The Morgan fingerprint density at radius 2 is 2.30 bits per heavy atom. The van der Waals surface area contributed by atoms with Crippen molar-refractivity contribution in [2.75, 3.05) is 6.61 Å². The van der Waals surface area contributed by atoms with Gasteiger partial charge in [-0.3, -0.25) is 4.79 Å². The van der Waals surface area contributed by atoms with Crippen LogP contribution in [0.1, 0.15) is 26.7 Å². The number of carboxylic acid groups (broad SMARTS) is 1. The highest BCUT2D eigenvalue weighted by atomic mass is 16.5. The van der Waals surface area contributed by atoms with Gasteiger partial charge in [0.25, 0.3) is 0 Å². The lowest BCUT2D eigenvalue weighted by Gasteiger charge is -2.07. The molecule has 0 radical (unpaired) electrons. The summed E-state index contributed by atoms with van der Waals surface area (Å²) in [5.41, 5.74) is 0. The third-order valence-corrected chi connectivity index (χ3v) is 1.29. The first-order chi connectivity index (χ1) is 4.66. The molecule has 0 aromatic carbocycles. The Morgan fingerprint density at radius 3 is 2.70 bits per heavy atom. The number of carbonyl (C=O) groups is 1. The minimum absolute atomic E-state index is 0.102. The van der Waals surface area contributed by atoms with Gasteiger partial charge < -0.3 is 9.84 Å². The first kappa shape index (κ1) is 9.43. The summed E-state index contributed by atoms with van der Waals surface area (Å²) in [4.78, 5) is 9.99. The molecule has 0 aliphatic rings. The zero-order chi connectivity index (χ0) is 7.98. The molecule has 0 aliphatic heterocycles. The van der Waals surface area contributed by atoms with E-state index < -0.39 is 5.97 Å². The SMILES string of the molecule is CCC(C)OCCC(=O)O. The third kappa shape index (κ3) is 5.56. The van der Waals surface area contributed by atoms with E-state index in [2.05, 4.69) is 0 Å². The molecule has 0 saturated heterocycles. The van der Waals surface area contributed by atoms with Gasteiger partial charge in [-0.15, -0.1) is 0 Å². The summed E-state index contributed by atoms with van der Waals surface area (Å²) in [5.74, 6) is -0.802. The number of rotatable bonds is 5. The van der Waals surface area contributed by atoms with Crippen LogP contribution in [0.3, 0.4) is 0 Å². The summed E-state index contributed by atoms with van der Waals surface area (Å²) in [6.07, 6.45) is 1.21. The molecule has 0 bridgehead atoms. The summed E-state index contributed by atoms with van der Waals surface area (Å²) in [6.45, 7) is 4.26. The first-order valence-corrected chi connectivity index (χ1v) is 3.50. The van der Waals surface area contributed by atoms with E-state index in [0.717, 1.165) is 6.42 Å². The van der Waals surface area contributed by atoms with Gasteiger partial charge >= 0.3 is 5.97 Å². The molecular weight excluding hydrogens is 132 g/mol. The topological polar surface area (TPSA) is 46.5 Å². The van der Waals surface area contributed by atoms with Crippen LogP contribution in [-0.2, 0) is 9.53 Å². The number of hydrogen-bond donors (Lipinski definition) is 1. The van der Waals surface area contributed by atoms with Gasteiger partial charge in [0.1, 0.15) is 0 Å². The maximum absolute atomic E-state index is 9.99. The number of hydrogen-bond acceptors (Lipinski definition) is 2. The quantitative estimate of drug-likeness (QED) is 0.635. The van der Waals surface area contributed by atoms with Crippen molar-refractivity contribution in [2.45, 2.75) is 32.8 Å². The van der Waals surface area contributed by atoms with E-state index in [4.69, 9.17) is 9.84 Å². The molecule has 60 valence electrons. The summed E-state index contributed by atoms with van der Waals surface area (Å²) < 4.78 is 5.12. The molecule has 0 fully saturated rings. The Balaban J connectivity index is 3.11. The molecule has 1 atom stereocenters. The van der Waals surface area contributed by atoms with Crippen molar-refractivity contribution < 1.29 is 14.6 Å². The van der Waals surface area contributed by atoms with Crippen LogP contribution in [-0.4, -0.2) is 23.8 Å². The summed E-state index contributed by atoms with van der Waals surface area (Å²) >= 11 is 0. The normalized spacial score (nSPS) is 13.0. The lowest BCUT2D eigenvalue weighted by molar-refractivity contribution is -0.138. The van der Waals surface area contributed by atoms with Crippen LogP contribution in [0.4, 0.5) is 0 Å². The summed E-state index contributed by atoms with van der Waals surface area (Å²) in [5, 5.41) is 8.22. The fourth-order valence-electron chi connectivity index (χ4n) is 0.465. The van der Waals surface area contributed by atoms with Gasteiger partial charge in [-0.05, 0) is 13.3 Å². The highest BCUT2D eigenvalue weighted by Gasteiger charge is 2.00. The Labute approximate surface area is 61.0 Å². The monoisotopic (exact) mass is 146 g/mol. The van der Waals surface area contributed by atoms with Crippen LogP contribution in [0.15, 0.2) is 0 Å². The molecule has 3 nitrogen and oxygen atoms in total. The maximum Gasteiger partial charge on any atom is 0.305 e. The van der Waals surface area contributed by atoms with E-state index in [0.29, 0.717) is 6.61 Å². The summed E-state index contributed by atoms with van der Waals surface area (Å²) in [6, 6.07) is 0.